The van der Waals surface area contributed by atoms with Gasteiger partial charge in [0.05, 0.1) is 0 Å². The first-order valence-corrected chi connectivity index (χ1v) is 10.5. The zero-order chi connectivity index (χ0) is 21.8. The van der Waals surface area contributed by atoms with Gasteiger partial charge in [0, 0.05) is 42.6 Å². The smallest absolute Gasteiger partial charge is 0.319 e. The second kappa shape index (κ2) is 9.18. The number of hydrogen-bond donors (Lipinski definition) is 2. The molecular weight excluding hydrogens is 416 g/mol. The van der Waals surface area contributed by atoms with E-state index in [2.05, 4.69) is 27.2 Å². The van der Waals surface area contributed by atoms with E-state index in [1.165, 1.54) is 0 Å². The number of rotatable bonds is 5. The Labute approximate surface area is 184 Å². The highest BCUT2D eigenvalue weighted by Gasteiger charge is 2.24. The van der Waals surface area contributed by atoms with E-state index in [-0.39, 0.29) is 17.6 Å². The van der Waals surface area contributed by atoms with Gasteiger partial charge < -0.3 is 15.5 Å². The molecule has 0 unspecified atom stereocenters. The number of urea groups is 1. The highest BCUT2D eigenvalue weighted by Crippen LogP contribution is 2.19. The van der Waals surface area contributed by atoms with Crippen LogP contribution >= 0.6 is 11.6 Å². The van der Waals surface area contributed by atoms with Crippen molar-refractivity contribution < 1.29 is 4.79 Å². The summed E-state index contributed by atoms with van der Waals surface area (Å²) in [7, 11) is 0. The van der Waals surface area contributed by atoms with Crippen molar-refractivity contribution in [1.82, 2.24) is 19.9 Å². The van der Waals surface area contributed by atoms with E-state index in [1.54, 1.807) is 47.2 Å². The summed E-state index contributed by atoms with van der Waals surface area (Å²) >= 11 is 5.95. The summed E-state index contributed by atoms with van der Waals surface area (Å²) in [5.74, 6) is 0.407. The Morgan fingerprint density at radius 3 is 2.81 bits per heavy atom. The number of carbonyl (C=O) groups excluding carboxylic acids is 1. The Bertz CT molecular complexity index is 1170. The fourth-order valence-corrected chi connectivity index (χ4v) is 3.91. The molecule has 0 radical (unpaired) electrons. The number of hydrogen-bond acceptors (Lipinski definition) is 5. The number of fused-ring (bicyclic) bond motifs is 1. The van der Waals surface area contributed by atoms with Gasteiger partial charge in [-0.3, -0.25) is 9.36 Å². The van der Waals surface area contributed by atoms with E-state index in [0.29, 0.717) is 60.2 Å². The van der Waals surface area contributed by atoms with Crippen LogP contribution in [0.5, 0.6) is 0 Å². The van der Waals surface area contributed by atoms with Crippen molar-refractivity contribution in [1.29, 1.82) is 0 Å². The van der Waals surface area contributed by atoms with Crippen LogP contribution in [0.3, 0.4) is 0 Å². The molecule has 31 heavy (non-hydrogen) atoms. The Balaban J connectivity index is 1.43. The average molecular weight is 439 g/mol. The normalized spacial score (nSPS) is 14.4. The lowest BCUT2D eigenvalue weighted by atomic mass is 10.1. The van der Waals surface area contributed by atoms with Crippen LogP contribution in [-0.4, -0.2) is 39.7 Å². The third-order valence-corrected chi connectivity index (χ3v) is 5.44. The first kappa shape index (κ1) is 20.9. The van der Waals surface area contributed by atoms with Crippen LogP contribution in [0.4, 0.5) is 16.3 Å². The zero-order valence-electron chi connectivity index (χ0n) is 16.9. The number of nitrogens with zero attached hydrogens (tertiary/aromatic N) is 4. The first-order valence-electron chi connectivity index (χ1n) is 10.1. The Hall–Kier alpha value is -3.39. The molecule has 0 spiro atoms. The molecule has 3 aromatic rings. The van der Waals surface area contributed by atoms with Gasteiger partial charge in [0.1, 0.15) is 5.52 Å². The van der Waals surface area contributed by atoms with Gasteiger partial charge in [0.25, 0.3) is 5.56 Å². The molecule has 8 nitrogen and oxygen atoms in total. The van der Waals surface area contributed by atoms with Crippen LogP contribution in [0.1, 0.15) is 12.8 Å². The van der Waals surface area contributed by atoms with Crippen LogP contribution < -0.4 is 21.1 Å². The maximum atomic E-state index is 13.0. The molecule has 2 amide bonds. The Kier molecular flexibility index (Phi) is 6.18. The molecule has 1 saturated heterocycles. The molecule has 9 heteroatoms. The van der Waals surface area contributed by atoms with Crippen LogP contribution in [0.2, 0.25) is 5.02 Å². The highest BCUT2D eigenvalue weighted by molar-refractivity contribution is 6.30. The zero-order valence-corrected chi connectivity index (χ0v) is 17.7. The van der Waals surface area contributed by atoms with Gasteiger partial charge in [-0.1, -0.05) is 23.7 Å². The lowest BCUT2D eigenvalue weighted by Gasteiger charge is -2.33. The van der Waals surface area contributed by atoms with Gasteiger partial charge in [-0.05, 0) is 43.2 Å². The largest absolute Gasteiger partial charge is 0.352 e. The minimum absolute atomic E-state index is 0.00737. The molecule has 0 atom stereocenters. The maximum Gasteiger partial charge on any atom is 0.319 e. The molecule has 1 aromatic carbocycles. The van der Waals surface area contributed by atoms with Crippen molar-refractivity contribution in [3.63, 3.8) is 0 Å². The summed E-state index contributed by atoms with van der Waals surface area (Å²) in [6, 6.07) is 10.4. The second-order valence-electron chi connectivity index (χ2n) is 7.36. The summed E-state index contributed by atoms with van der Waals surface area (Å²) < 4.78 is 1.59. The van der Waals surface area contributed by atoms with Crippen molar-refractivity contribution in [2.45, 2.75) is 25.4 Å². The lowest BCUT2D eigenvalue weighted by Crippen LogP contribution is -2.47. The molecule has 1 fully saturated rings. The first-order chi connectivity index (χ1) is 15.0. The van der Waals surface area contributed by atoms with Gasteiger partial charge in [-0.15, -0.1) is 6.58 Å². The molecule has 3 heterocycles. The third kappa shape index (κ3) is 4.69. The van der Waals surface area contributed by atoms with Crippen molar-refractivity contribution >= 4 is 40.3 Å². The number of anilines is 2. The molecule has 1 aliphatic rings. The molecule has 0 saturated carbocycles. The molecule has 0 aliphatic carbocycles. The fraction of sp³-hybridized carbons (Fsp3) is 0.273. The molecule has 0 bridgehead atoms. The standard InChI is InChI=1S/C22H23ClN6O2/c1-2-11-29-19-18(7-4-10-24-19)27-20(21(29)30)28-12-8-16(9-13-28)25-22(31)26-17-6-3-5-15(23)14-17/h2-7,10,14,16H,1,8-9,11-13H2,(H2,25,26,31). The summed E-state index contributed by atoms with van der Waals surface area (Å²) in [6.07, 6.45) is 4.73. The second-order valence-corrected chi connectivity index (χ2v) is 7.79. The van der Waals surface area contributed by atoms with Crippen LogP contribution in [0, 0.1) is 0 Å². The van der Waals surface area contributed by atoms with E-state index in [4.69, 9.17) is 11.6 Å². The molecule has 4 rings (SSSR count). The summed E-state index contributed by atoms with van der Waals surface area (Å²) in [6.45, 7) is 5.34. The lowest BCUT2D eigenvalue weighted by molar-refractivity contribution is 0.246. The number of amides is 2. The number of nitrogens with one attached hydrogen (secondary N) is 2. The van der Waals surface area contributed by atoms with E-state index >= 15 is 0 Å². The molecule has 1 aliphatic heterocycles. The molecule has 2 N–H and O–H groups in total. The van der Waals surface area contributed by atoms with Gasteiger partial charge in [-0.25, -0.2) is 14.8 Å². The van der Waals surface area contributed by atoms with E-state index in [0.717, 1.165) is 0 Å². The number of benzene rings is 1. The van der Waals surface area contributed by atoms with Gasteiger partial charge >= 0.3 is 6.03 Å². The van der Waals surface area contributed by atoms with Crippen molar-refractivity contribution in [2.75, 3.05) is 23.3 Å². The SMILES string of the molecule is C=CCn1c(=O)c(N2CCC(NC(=O)Nc3cccc(Cl)c3)CC2)nc2cccnc21. The quantitative estimate of drug-likeness (QED) is 0.595. The maximum absolute atomic E-state index is 13.0. The van der Waals surface area contributed by atoms with Crippen molar-refractivity contribution in [3.8, 4) is 0 Å². The number of carbonyl (C=O) groups is 1. The topological polar surface area (TPSA) is 92.2 Å². The molecule has 2 aromatic heterocycles. The Morgan fingerprint density at radius 1 is 1.26 bits per heavy atom. The third-order valence-electron chi connectivity index (χ3n) is 5.21. The van der Waals surface area contributed by atoms with Gasteiger partial charge in [-0.2, -0.15) is 0 Å². The molecule has 160 valence electrons. The van der Waals surface area contributed by atoms with E-state index < -0.39 is 0 Å². The summed E-state index contributed by atoms with van der Waals surface area (Å²) in [4.78, 5) is 36.2. The summed E-state index contributed by atoms with van der Waals surface area (Å²) in [5, 5.41) is 6.34. The fourth-order valence-electron chi connectivity index (χ4n) is 3.72. The number of pyridine rings is 1. The minimum Gasteiger partial charge on any atom is -0.352 e. The van der Waals surface area contributed by atoms with Crippen LogP contribution in [-0.2, 0) is 6.54 Å². The predicted octanol–water partition coefficient (Wildman–Crippen LogP) is 3.42. The minimum atomic E-state index is -0.274. The van der Waals surface area contributed by atoms with E-state index in [1.807, 2.05) is 11.0 Å². The van der Waals surface area contributed by atoms with Gasteiger partial charge in [0.15, 0.2) is 11.5 Å². The monoisotopic (exact) mass is 438 g/mol. The molecular formula is C22H23ClN6O2. The van der Waals surface area contributed by atoms with Crippen LogP contribution in [0.25, 0.3) is 11.2 Å². The summed E-state index contributed by atoms with van der Waals surface area (Å²) in [5.41, 5.74) is 1.67. The Morgan fingerprint density at radius 2 is 2.06 bits per heavy atom. The highest BCUT2D eigenvalue weighted by atomic mass is 35.5. The number of piperidine rings is 1. The van der Waals surface area contributed by atoms with Crippen molar-refractivity contribution in [3.05, 3.63) is 70.6 Å². The predicted molar refractivity (Wildman–Crippen MR) is 123 cm³/mol. The van der Waals surface area contributed by atoms with Crippen molar-refractivity contribution in [2.24, 2.45) is 0 Å². The average Bonchev–Trinajstić information content (AvgIpc) is 2.76. The van der Waals surface area contributed by atoms with Crippen LogP contribution in [0.15, 0.2) is 60.0 Å². The number of allylic oxidation sites excluding steroid dienone is 1. The van der Waals surface area contributed by atoms with E-state index in [9.17, 15) is 9.59 Å². The number of halogens is 1. The number of aromatic nitrogens is 3. The van der Waals surface area contributed by atoms with Gasteiger partial charge in [0.2, 0.25) is 0 Å².